The fourth-order valence-electron chi connectivity index (χ4n) is 1.93. The van der Waals surface area contributed by atoms with Gasteiger partial charge in [-0.3, -0.25) is 9.59 Å². The molecule has 0 aliphatic heterocycles. The highest BCUT2D eigenvalue weighted by molar-refractivity contribution is 5.89. The van der Waals surface area contributed by atoms with Gasteiger partial charge in [-0.15, -0.1) is 0 Å². The topological polar surface area (TPSA) is 70.2 Å². The Morgan fingerprint density at radius 2 is 1.95 bits per heavy atom. The first-order valence-electron chi connectivity index (χ1n) is 7.27. The van der Waals surface area contributed by atoms with Crippen molar-refractivity contribution in [1.29, 1.82) is 0 Å². The van der Waals surface area contributed by atoms with Gasteiger partial charge in [0, 0.05) is 5.70 Å². The molecule has 1 aromatic carbocycles. The Hall–Kier alpha value is -2.56. The lowest BCUT2D eigenvalue weighted by molar-refractivity contribution is -0.128. The second-order valence-electron chi connectivity index (χ2n) is 4.82. The molecule has 0 saturated heterocycles. The molecule has 0 aliphatic rings. The van der Waals surface area contributed by atoms with E-state index in [0.717, 1.165) is 12.0 Å². The lowest BCUT2D eigenvalue weighted by Crippen LogP contribution is -2.47. The summed E-state index contributed by atoms with van der Waals surface area (Å²) in [4.78, 5) is 23.7. The molecule has 1 atom stereocenters. The van der Waals surface area contributed by atoms with Gasteiger partial charge in [0.05, 0.1) is 6.54 Å². The molecule has 0 heterocycles. The summed E-state index contributed by atoms with van der Waals surface area (Å²) in [6.07, 6.45) is 2.68. The van der Waals surface area contributed by atoms with Crippen molar-refractivity contribution in [1.82, 2.24) is 16.0 Å². The summed E-state index contributed by atoms with van der Waals surface area (Å²) in [7, 11) is 0. The van der Waals surface area contributed by atoms with Gasteiger partial charge in [0.25, 0.3) is 0 Å². The quantitative estimate of drug-likeness (QED) is 0.651. The summed E-state index contributed by atoms with van der Waals surface area (Å²) in [5.74, 6) is -0.512. The van der Waals surface area contributed by atoms with E-state index in [0.29, 0.717) is 12.1 Å². The Bertz CT molecular complexity index is 526. The van der Waals surface area contributed by atoms with E-state index in [1.165, 1.54) is 6.20 Å². The van der Waals surface area contributed by atoms with E-state index < -0.39 is 6.04 Å². The first kappa shape index (κ1) is 17.5. The van der Waals surface area contributed by atoms with Gasteiger partial charge in [-0.2, -0.15) is 0 Å². The predicted octanol–water partition coefficient (Wildman–Crippen LogP) is 1.79. The Kier molecular flexibility index (Phi) is 7.47. The van der Waals surface area contributed by atoms with Gasteiger partial charge in [-0.05, 0) is 18.2 Å². The molecule has 22 heavy (non-hydrogen) atoms. The van der Waals surface area contributed by atoms with Crippen molar-refractivity contribution >= 4 is 17.5 Å². The molecule has 0 aliphatic carbocycles. The summed E-state index contributed by atoms with van der Waals surface area (Å²) in [6.45, 7) is 9.36. The van der Waals surface area contributed by atoms with E-state index in [-0.39, 0.29) is 18.4 Å². The average molecular weight is 301 g/mol. The van der Waals surface area contributed by atoms with Crippen LogP contribution >= 0.6 is 0 Å². The highest BCUT2D eigenvalue weighted by Gasteiger charge is 2.18. The van der Waals surface area contributed by atoms with Gasteiger partial charge in [-0.1, -0.05) is 56.8 Å². The molecule has 0 aromatic heterocycles. The van der Waals surface area contributed by atoms with Crippen LogP contribution in [0.25, 0.3) is 5.70 Å². The molecule has 2 amide bonds. The monoisotopic (exact) mass is 301 g/mol. The van der Waals surface area contributed by atoms with Crippen molar-refractivity contribution in [2.75, 3.05) is 6.54 Å². The Morgan fingerprint density at radius 1 is 1.27 bits per heavy atom. The van der Waals surface area contributed by atoms with Crippen molar-refractivity contribution in [2.45, 2.75) is 25.8 Å². The lowest BCUT2D eigenvalue weighted by Gasteiger charge is -2.17. The van der Waals surface area contributed by atoms with E-state index in [2.05, 4.69) is 29.1 Å². The molecule has 5 nitrogen and oxygen atoms in total. The minimum atomic E-state index is -0.553. The standard InChI is InChI=1S/C17H23N3O2/c1-4-9-15(17(22)18-5-2)20-16(21)12-19-13(3)14-10-7-6-8-11-14/h5-8,10-11,15,19H,2-4,9,12H2,1H3,(H,18,22)(H,20,21). The number of rotatable bonds is 9. The summed E-state index contributed by atoms with van der Waals surface area (Å²) < 4.78 is 0. The molecular weight excluding hydrogens is 278 g/mol. The zero-order valence-electron chi connectivity index (χ0n) is 12.9. The minimum Gasteiger partial charge on any atom is -0.376 e. The van der Waals surface area contributed by atoms with Crippen LogP contribution in [0, 0.1) is 0 Å². The number of hydrogen-bond acceptors (Lipinski definition) is 3. The number of benzene rings is 1. The van der Waals surface area contributed by atoms with Crippen LogP contribution in [0.1, 0.15) is 25.3 Å². The minimum absolute atomic E-state index is 0.0648. The third-order valence-electron chi connectivity index (χ3n) is 3.06. The fraction of sp³-hybridized carbons (Fsp3) is 0.294. The fourth-order valence-corrected chi connectivity index (χ4v) is 1.93. The maximum atomic E-state index is 12.0. The predicted molar refractivity (Wildman–Crippen MR) is 88.7 cm³/mol. The van der Waals surface area contributed by atoms with E-state index in [1.54, 1.807) is 0 Å². The molecule has 0 radical (unpaired) electrons. The number of carbonyl (C=O) groups is 2. The van der Waals surface area contributed by atoms with Crippen LogP contribution in [0.15, 0.2) is 49.7 Å². The van der Waals surface area contributed by atoms with Crippen LogP contribution in [-0.2, 0) is 9.59 Å². The Balaban J connectivity index is 2.48. The van der Waals surface area contributed by atoms with Gasteiger partial charge < -0.3 is 16.0 Å². The molecule has 5 heteroatoms. The van der Waals surface area contributed by atoms with Gasteiger partial charge in [0.2, 0.25) is 11.8 Å². The lowest BCUT2D eigenvalue weighted by atomic mass is 10.1. The van der Waals surface area contributed by atoms with Crippen molar-refractivity contribution in [3.8, 4) is 0 Å². The molecule has 0 spiro atoms. The second kappa shape index (κ2) is 9.39. The highest BCUT2D eigenvalue weighted by atomic mass is 16.2. The van der Waals surface area contributed by atoms with Crippen molar-refractivity contribution in [3.63, 3.8) is 0 Å². The molecule has 0 saturated carbocycles. The van der Waals surface area contributed by atoms with Crippen LogP contribution < -0.4 is 16.0 Å². The second-order valence-corrected chi connectivity index (χ2v) is 4.82. The summed E-state index contributed by atoms with van der Waals surface area (Å²) in [5, 5.41) is 8.16. The first-order valence-corrected chi connectivity index (χ1v) is 7.27. The molecule has 3 N–H and O–H groups in total. The van der Waals surface area contributed by atoms with E-state index >= 15 is 0 Å². The van der Waals surface area contributed by atoms with Gasteiger partial charge in [-0.25, -0.2) is 0 Å². The van der Waals surface area contributed by atoms with Gasteiger partial charge >= 0.3 is 0 Å². The van der Waals surface area contributed by atoms with Crippen LogP contribution in [0.4, 0.5) is 0 Å². The van der Waals surface area contributed by atoms with E-state index in [9.17, 15) is 9.59 Å². The molecule has 118 valence electrons. The smallest absolute Gasteiger partial charge is 0.246 e. The summed E-state index contributed by atoms with van der Waals surface area (Å²) >= 11 is 0. The maximum absolute atomic E-state index is 12.0. The zero-order valence-corrected chi connectivity index (χ0v) is 12.9. The molecule has 1 rings (SSSR count). The normalized spacial score (nSPS) is 11.1. The summed E-state index contributed by atoms with van der Waals surface area (Å²) in [6, 6.07) is 8.98. The average Bonchev–Trinajstić information content (AvgIpc) is 2.53. The number of carbonyl (C=O) groups excluding carboxylic acids is 2. The molecule has 0 fully saturated rings. The van der Waals surface area contributed by atoms with Crippen molar-refractivity contribution < 1.29 is 9.59 Å². The third kappa shape index (κ3) is 5.83. The van der Waals surface area contributed by atoms with Crippen molar-refractivity contribution in [3.05, 3.63) is 55.3 Å². The van der Waals surface area contributed by atoms with Crippen LogP contribution in [0.2, 0.25) is 0 Å². The number of amides is 2. The number of hydrogen-bond donors (Lipinski definition) is 3. The molecular formula is C17H23N3O2. The van der Waals surface area contributed by atoms with Crippen LogP contribution in [-0.4, -0.2) is 24.4 Å². The van der Waals surface area contributed by atoms with Crippen LogP contribution in [0.5, 0.6) is 0 Å². The molecule has 1 unspecified atom stereocenters. The Labute approximate surface area is 131 Å². The third-order valence-corrected chi connectivity index (χ3v) is 3.06. The SMILES string of the molecule is C=CNC(=O)C(CCC)NC(=O)CNC(=C)c1ccccc1. The Morgan fingerprint density at radius 3 is 2.55 bits per heavy atom. The van der Waals surface area contributed by atoms with E-state index in [4.69, 9.17) is 0 Å². The largest absolute Gasteiger partial charge is 0.376 e. The highest BCUT2D eigenvalue weighted by Crippen LogP contribution is 2.07. The zero-order chi connectivity index (χ0) is 16.4. The van der Waals surface area contributed by atoms with Gasteiger partial charge in [0.1, 0.15) is 6.04 Å². The van der Waals surface area contributed by atoms with E-state index in [1.807, 2.05) is 37.3 Å². The van der Waals surface area contributed by atoms with Crippen LogP contribution in [0.3, 0.4) is 0 Å². The number of nitrogens with one attached hydrogen (secondary N) is 3. The molecule has 1 aromatic rings. The summed E-state index contributed by atoms with van der Waals surface area (Å²) in [5.41, 5.74) is 1.59. The maximum Gasteiger partial charge on any atom is 0.246 e. The van der Waals surface area contributed by atoms with Crippen molar-refractivity contribution in [2.24, 2.45) is 0 Å². The first-order chi connectivity index (χ1) is 10.6. The van der Waals surface area contributed by atoms with Gasteiger partial charge in [0.15, 0.2) is 0 Å². The molecule has 0 bridgehead atoms.